The molecule has 1 aliphatic rings. The monoisotopic (exact) mass is 354 g/mol. The summed E-state index contributed by atoms with van der Waals surface area (Å²) in [5.41, 5.74) is 0.281. The van der Waals surface area contributed by atoms with Gasteiger partial charge in [0, 0.05) is 25.5 Å². The quantitative estimate of drug-likeness (QED) is 0.783. The van der Waals surface area contributed by atoms with Crippen molar-refractivity contribution in [2.75, 3.05) is 33.2 Å². The molecule has 0 radical (unpaired) electrons. The summed E-state index contributed by atoms with van der Waals surface area (Å²) >= 11 is 11.5. The van der Waals surface area contributed by atoms with Crippen molar-refractivity contribution >= 4 is 33.2 Å². The van der Waals surface area contributed by atoms with E-state index in [0.29, 0.717) is 19.6 Å². The molecule has 2 rings (SSSR count). The van der Waals surface area contributed by atoms with E-state index in [9.17, 15) is 12.8 Å². The molecular formula is C13H17Cl2FN2O2S. The van der Waals surface area contributed by atoms with E-state index >= 15 is 0 Å². The SMILES string of the molecule is CN1CCCN(S(=O)(=O)c2cc(F)c(Cl)c(CCl)c2)CC1. The summed E-state index contributed by atoms with van der Waals surface area (Å²) in [5.74, 6) is -0.803. The van der Waals surface area contributed by atoms with Gasteiger partial charge in [0.15, 0.2) is 0 Å². The average molecular weight is 355 g/mol. The Kier molecular flexibility index (Phi) is 5.48. The number of hydrogen-bond donors (Lipinski definition) is 0. The Morgan fingerprint density at radius 2 is 1.95 bits per heavy atom. The van der Waals surface area contributed by atoms with E-state index in [0.717, 1.165) is 19.0 Å². The Hall–Kier alpha value is -0.400. The minimum atomic E-state index is -3.73. The van der Waals surface area contributed by atoms with E-state index in [1.165, 1.54) is 10.4 Å². The predicted molar refractivity (Wildman–Crippen MR) is 81.8 cm³/mol. The van der Waals surface area contributed by atoms with Gasteiger partial charge < -0.3 is 4.90 Å². The largest absolute Gasteiger partial charge is 0.305 e. The normalized spacial score (nSPS) is 18.7. The van der Waals surface area contributed by atoms with Gasteiger partial charge in [-0.2, -0.15) is 4.31 Å². The fourth-order valence-corrected chi connectivity index (χ4v) is 4.27. The molecule has 0 unspecified atom stereocenters. The number of hydrogen-bond acceptors (Lipinski definition) is 3. The van der Waals surface area contributed by atoms with E-state index in [1.54, 1.807) is 0 Å². The molecule has 0 amide bonds. The zero-order valence-electron chi connectivity index (χ0n) is 11.7. The Morgan fingerprint density at radius 3 is 2.62 bits per heavy atom. The van der Waals surface area contributed by atoms with Crippen LogP contribution in [-0.2, 0) is 15.9 Å². The highest BCUT2D eigenvalue weighted by Gasteiger charge is 2.27. The van der Waals surface area contributed by atoms with E-state index in [-0.39, 0.29) is 21.4 Å². The molecule has 0 saturated carbocycles. The first-order valence-electron chi connectivity index (χ1n) is 6.59. The number of nitrogens with zero attached hydrogens (tertiary/aromatic N) is 2. The van der Waals surface area contributed by atoms with Crippen LogP contribution >= 0.6 is 23.2 Å². The van der Waals surface area contributed by atoms with Crippen LogP contribution in [0.4, 0.5) is 4.39 Å². The van der Waals surface area contributed by atoms with Gasteiger partial charge >= 0.3 is 0 Å². The van der Waals surface area contributed by atoms with Crippen molar-refractivity contribution < 1.29 is 12.8 Å². The summed E-state index contributed by atoms with van der Waals surface area (Å²) in [7, 11) is -1.78. The summed E-state index contributed by atoms with van der Waals surface area (Å²) in [6.45, 7) is 2.30. The van der Waals surface area contributed by atoms with Crippen LogP contribution in [0, 0.1) is 5.82 Å². The topological polar surface area (TPSA) is 40.6 Å². The fraction of sp³-hybridized carbons (Fsp3) is 0.538. The highest BCUT2D eigenvalue weighted by molar-refractivity contribution is 7.89. The molecule has 4 nitrogen and oxygen atoms in total. The van der Waals surface area contributed by atoms with Gasteiger partial charge in [-0.25, -0.2) is 12.8 Å². The lowest BCUT2D eigenvalue weighted by molar-refractivity contribution is 0.347. The van der Waals surface area contributed by atoms with Crippen LogP contribution in [0.1, 0.15) is 12.0 Å². The molecule has 1 aliphatic heterocycles. The molecule has 8 heteroatoms. The molecule has 0 aromatic heterocycles. The second kappa shape index (κ2) is 6.79. The third-order valence-corrected chi connectivity index (χ3v) is 6.12. The molecule has 21 heavy (non-hydrogen) atoms. The lowest BCUT2D eigenvalue weighted by atomic mass is 10.2. The zero-order chi connectivity index (χ0) is 15.6. The number of sulfonamides is 1. The average Bonchev–Trinajstić information content (AvgIpc) is 2.66. The minimum absolute atomic E-state index is 0.0398. The van der Waals surface area contributed by atoms with Crippen molar-refractivity contribution in [2.24, 2.45) is 0 Å². The summed E-state index contributed by atoms with van der Waals surface area (Å²) in [5, 5.41) is -0.125. The highest BCUT2D eigenvalue weighted by Crippen LogP contribution is 2.27. The molecule has 1 saturated heterocycles. The van der Waals surface area contributed by atoms with Gasteiger partial charge in [-0.3, -0.25) is 0 Å². The second-order valence-electron chi connectivity index (χ2n) is 5.07. The number of alkyl halides is 1. The van der Waals surface area contributed by atoms with E-state index in [1.807, 2.05) is 7.05 Å². The fourth-order valence-electron chi connectivity index (χ4n) is 2.28. The van der Waals surface area contributed by atoms with Crippen molar-refractivity contribution in [2.45, 2.75) is 17.2 Å². The molecule has 1 heterocycles. The third-order valence-electron chi connectivity index (χ3n) is 3.54. The van der Waals surface area contributed by atoms with Crippen LogP contribution in [0.3, 0.4) is 0 Å². The van der Waals surface area contributed by atoms with Crippen LogP contribution in [0.2, 0.25) is 5.02 Å². The molecule has 0 N–H and O–H groups in total. The van der Waals surface area contributed by atoms with Crippen LogP contribution in [-0.4, -0.2) is 50.8 Å². The van der Waals surface area contributed by atoms with E-state index in [4.69, 9.17) is 23.2 Å². The lowest BCUT2D eigenvalue weighted by Gasteiger charge is -2.20. The van der Waals surface area contributed by atoms with Crippen molar-refractivity contribution in [3.8, 4) is 0 Å². The Morgan fingerprint density at radius 1 is 1.24 bits per heavy atom. The Bertz CT molecular complexity index is 625. The zero-order valence-corrected chi connectivity index (χ0v) is 14.0. The van der Waals surface area contributed by atoms with Gasteiger partial charge in [0.05, 0.1) is 9.92 Å². The maximum atomic E-state index is 13.8. The molecular weight excluding hydrogens is 338 g/mol. The number of halogens is 3. The standard InChI is InChI=1S/C13H17Cl2FN2O2S/c1-17-3-2-4-18(6-5-17)21(19,20)11-7-10(9-14)13(15)12(16)8-11/h7-8H,2-6,9H2,1H3. The van der Waals surface area contributed by atoms with E-state index in [2.05, 4.69) is 4.90 Å². The molecule has 0 atom stereocenters. The lowest BCUT2D eigenvalue weighted by Crippen LogP contribution is -2.34. The van der Waals surface area contributed by atoms with Gasteiger partial charge in [-0.1, -0.05) is 11.6 Å². The molecule has 1 aromatic rings. The first kappa shape index (κ1) is 17.0. The van der Waals surface area contributed by atoms with Gasteiger partial charge in [0.1, 0.15) is 5.82 Å². The summed E-state index contributed by atoms with van der Waals surface area (Å²) in [6, 6.07) is 2.31. The van der Waals surface area contributed by atoms with Gasteiger partial charge in [0.2, 0.25) is 10.0 Å². The molecule has 0 spiro atoms. The third kappa shape index (κ3) is 3.68. The number of benzene rings is 1. The van der Waals surface area contributed by atoms with Crippen LogP contribution < -0.4 is 0 Å². The van der Waals surface area contributed by atoms with E-state index < -0.39 is 15.8 Å². The Labute approximate surface area is 134 Å². The first-order chi connectivity index (χ1) is 9.86. The summed E-state index contributed by atoms with van der Waals surface area (Å²) in [6.07, 6.45) is 0.744. The summed E-state index contributed by atoms with van der Waals surface area (Å²) in [4.78, 5) is 1.98. The summed E-state index contributed by atoms with van der Waals surface area (Å²) < 4.78 is 40.4. The van der Waals surface area contributed by atoms with Gasteiger partial charge in [0.25, 0.3) is 0 Å². The molecule has 1 aromatic carbocycles. The van der Waals surface area contributed by atoms with Crippen LogP contribution in [0.25, 0.3) is 0 Å². The molecule has 1 fully saturated rings. The van der Waals surface area contributed by atoms with Crippen LogP contribution in [0.15, 0.2) is 17.0 Å². The second-order valence-corrected chi connectivity index (χ2v) is 7.66. The minimum Gasteiger partial charge on any atom is -0.305 e. The number of rotatable bonds is 3. The van der Waals surface area contributed by atoms with Gasteiger partial charge in [-0.15, -0.1) is 11.6 Å². The van der Waals surface area contributed by atoms with Crippen molar-refractivity contribution in [1.29, 1.82) is 0 Å². The van der Waals surface area contributed by atoms with Gasteiger partial charge in [-0.05, 0) is 37.7 Å². The predicted octanol–water partition coefficient (Wildman–Crippen LogP) is 2.54. The highest BCUT2D eigenvalue weighted by atomic mass is 35.5. The first-order valence-corrected chi connectivity index (χ1v) is 8.94. The maximum Gasteiger partial charge on any atom is 0.243 e. The molecule has 118 valence electrons. The number of likely N-dealkylation sites (N-methyl/N-ethyl adjacent to an activating group) is 1. The Balaban J connectivity index is 2.37. The smallest absolute Gasteiger partial charge is 0.243 e. The molecule has 0 bridgehead atoms. The molecule has 0 aliphatic carbocycles. The maximum absolute atomic E-state index is 13.8. The van der Waals surface area contributed by atoms with Crippen molar-refractivity contribution in [3.05, 3.63) is 28.5 Å². The van der Waals surface area contributed by atoms with Crippen LogP contribution in [0.5, 0.6) is 0 Å². The van der Waals surface area contributed by atoms with Crippen molar-refractivity contribution in [1.82, 2.24) is 9.21 Å². The van der Waals surface area contributed by atoms with Crippen molar-refractivity contribution in [3.63, 3.8) is 0 Å².